The van der Waals surface area contributed by atoms with Crippen molar-refractivity contribution in [3.63, 3.8) is 0 Å². The van der Waals surface area contributed by atoms with E-state index in [-0.39, 0.29) is 5.91 Å². The fourth-order valence-electron chi connectivity index (χ4n) is 1.98. The topological polar surface area (TPSA) is 67.6 Å². The molecule has 0 aromatic heterocycles. The van der Waals surface area contributed by atoms with Crippen molar-refractivity contribution < 1.29 is 9.53 Å². The van der Waals surface area contributed by atoms with E-state index >= 15 is 0 Å². The van der Waals surface area contributed by atoms with E-state index in [9.17, 15) is 4.79 Å². The zero-order chi connectivity index (χ0) is 13.6. The Kier molecular flexibility index (Phi) is 6.05. The van der Waals surface area contributed by atoms with Crippen LogP contribution in [0.1, 0.15) is 26.7 Å². The van der Waals surface area contributed by atoms with Gasteiger partial charge in [0.15, 0.2) is 0 Å². The van der Waals surface area contributed by atoms with Crippen LogP contribution in [0.3, 0.4) is 0 Å². The molecular weight excluding hydrogens is 230 g/mol. The van der Waals surface area contributed by atoms with Crippen LogP contribution in [0, 0.1) is 5.92 Å². The molecular formula is C13H27N3O2. The van der Waals surface area contributed by atoms with Crippen LogP contribution in [0.25, 0.3) is 0 Å². The molecule has 1 atom stereocenters. The quantitative estimate of drug-likeness (QED) is 0.549. The minimum atomic E-state index is -0.667. The van der Waals surface area contributed by atoms with Gasteiger partial charge in [-0.3, -0.25) is 4.79 Å². The second-order valence-corrected chi connectivity index (χ2v) is 5.48. The summed E-state index contributed by atoms with van der Waals surface area (Å²) >= 11 is 0. The third kappa shape index (κ3) is 5.33. The van der Waals surface area contributed by atoms with E-state index in [2.05, 4.69) is 10.2 Å². The van der Waals surface area contributed by atoms with Gasteiger partial charge < -0.3 is 20.7 Å². The molecule has 1 aliphatic rings. The van der Waals surface area contributed by atoms with Gasteiger partial charge in [-0.05, 0) is 39.3 Å². The van der Waals surface area contributed by atoms with Gasteiger partial charge in [0.25, 0.3) is 0 Å². The molecule has 1 fully saturated rings. The van der Waals surface area contributed by atoms with Crippen LogP contribution >= 0.6 is 0 Å². The van der Waals surface area contributed by atoms with Crippen LogP contribution in [0.4, 0.5) is 0 Å². The summed E-state index contributed by atoms with van der Waals surface area (Å²) in [6.45, 7) is 7.57. The molecule has 1 rings (SSSR count). The first-order chi connectivity index (χ1) is 8.48. The van der Waals surface area contributed by atoms with E-state index in [1.165, 1.54) is 12.8 Å². The molecule has 0 saturated heterocycles. The summed E-state index contributed by atoms with van der Waals surface area (Å²) in [7, 11) is 1.99. The van der Waals surface area contributed by atoms with Gasteiger partial charge in [-0.25, -0.2) is 0 Å². The summed E-state index contributed by atoms with van der Waals surface area (Å²) in [5, 5.41) is 3.15. The van der Waals surface area contributed by atoms with Gasteiger partial charge in [0.2, 0.25) is 5.91 Å². The van der Waals surface area contributed by atoms with Crippen molar-refractivity contribution >= 4 is 5.91 Å². The van der Waals surface area contributed by atoms with Crippen molar-refractivity contribution in [2.45, 2.75) is 32.2 Å². The zero-order valence-electron chi connectivity index (χ0n) is 11.9. The van der Waals surface area contributed by atoms with Gasteiger partial charge >= 0.3 is 0 Å². The number of hydrogen-bond donors (Lipinski definition) is 2. The standard InChI is InChI=1S/C13H27N3O2/c1-4-15-13(2,12(14)17)10-16(3)7-8-18-9-11-5-6-11/h11,15H,4-10H2,1-3H3,(H2,14,17). The second-order valence-electron chi connectivity index (χ2n) is 5.48. The molecule has 0 bridgehead atoms. The average molecular weight is 257 g/mol. The van der Waals surface area contributed by atoms with Gasteiger partial charge in [0.1, 0.15) is 5.54 Å². The van der Waals surface area contributed by atoms with Crippen LogP contribution in [-0.2, 0) is 9.53 Å². The summed E-state index contributed by atoms with van der Waals surface area (Å²) in [4.78, 5) is 13.6. The lowest BCUT2D eigenvalue weighted by molar-refractivity contribution is -0.124. The molecule has 0 spiro atoms. The summed E-state index contributed by atoms with van der Waals surface area (Å²) in [6, 6.07) is 0. The maximum atomic E-state index is 11.5. The van der Waals surface area contributed by atoms with E-state index in [0.717, 1.165) is 25.6 Å². The Balaban J connectivity index is 2.21. The van der Waals surface area contributed by atoms with Gasteiger partial charge in [-0.15, -0.1) is 0 Å². The van der Waals surface area contributed by atoms with Gasteiger partial charge in [0, 0.05) is 19.7 Å². The van der Waals surface area contributed by atoms with Gasteiger partial charge in [-0.2, -0.15) is 0 Å². The normalized spacial score (nSPS) is 18.9. The smallest absolute Gasteiger partial charge is 0.238 e. The molecule has 1 unspecified atom stereocenters. The number of amides is 1. The summed E-state index contributed by atoms with van der Waals surface area (Å²) in [5.74, 6) is 0.489. The van der Waals surface area contributed by atoms with E-state index in [0.29, 0.717) is 13.2 Å². The summed E-state index contributed by atoms with van der Waals surface area (Å²) in [5.41, 5.74) is 4.78. The molecule has 0 aromatic carbocycles. The highest BCUT2D eigenvalue weighted by Crippen LogP contribution is 2.28. The molecule has 18 heavy (non-hydrogen) atoms. The number of nitrogens with zero attached hydrogens (tertiary/aromatic N) is 1. The summed E-state index contributed by atoms with van der Waals surface area (Å²) < 4.78 is 5.58. The van der Waals surface area contributed by atoms with E-state index < -0.39 is 5.54 Å². The molecule has 1 saturated carbocycles. The largest absolute Gasteiger partial charge is 0.380 e. The molecule has 0 aromatic rings. The van der Waals surface area contributed by atoms with Crippen molar-refractivity contribution in [3.05, 3.63) is 0 Å². The molecule has 0 aliphatic heterocycles. The van der Waals surface area contributed by atoms with Crippen molar-refractivity contribution in [2.75, 3.05) is 39.9 Å². The van der Waals surface area contributed by atoms with Crippen LogP contribution in [-0.4, -0.2) is 56.2 Å². The van der Waals surface area contributed by atoms with Crippen molar-refractivity contribution in [1.82, 2.24) is 10.2 Å². The zero-order valence-corrected chi connectivity index (χ0v) is 11.9. The molecule has 1 amide bonds. The number of likely N-dealkylation sites (N-methyl/N-ethyl adjacent to an activating group) is 2. The third-order valence-corrected chi connectivity index (χ3v) is 3.36. The fourth-order valence-corrected chi connectivity index (χ4v) is 1.98. The number of nitrogens with two attached hydrogens (primary N) is 1. The molecule has 3 N–H and O–H groups in total. The molecule has 0 heterocycles. The number of hydrogen-bond acceptors (Lipinski definition) is 4. The van der Waals surface area contributed by atoms with Gasteiger partial charge in [-0.1, -0.05) is 6.92 Å². The Labute approximate surface area is 110 Å². The Morgan fingerprint density at radius 2 is 2.22 bits per heavy atom. The van der Waals surface area contributed by atoms with Crippen LogP contribution in [0.15, 0.2) is 0 Å². The highest BCUT2D eigenvalue weighted by molar-refractivity contribution is 5.84. The Morgan fingerprint density at radius 1 is 1.56 bits per heavy atom. The SMILES string of the molecule is CCNC(C)(CN(C)CCOCC1CC1)C(N)=O. The predicted molar refractivity (Wildman–Crippen MR) is 72.3 cm³/mol. The number of rotatable bonds is 10. The van der Waals surface area contributed by atoms with Crippen LogP contribution < -0.4 is 11.1 Å². The molecule has 5 heteroatoms. The van der Waals surface area contributed by atoms with Crippen molar-refractivity contribution in [2.24, 2.45) is 11.7 Å². The van der Waals surface area contributed by atoms with Crippen molar-refractivity contribution in [3.8, 4) is 0 Å². The minimum absolute atomic E-state index is 0.310. The lowest BCUT2D eigenvalue weighted by atomic mass is 10.0. The first-order valence-corrected chi connectivity index (χ1v) is 6.79. The number of primary amides is 1. The lowest BCUT2D eigenvalue weighted by Gasteiger charge is -2.31. The number of carbonyl (C=O) groups excluding carboxylic acids is 1. The molecule has 5 nitrogen and oxygen atoms in total. The lowest BCUT2D eigenvalue weighted by Crippen LogP contribution is -2.59. The first-order valence-electron chi connectivity index (χ1n) is 6.79. The minimum Gasteiger partial charge on any atom is -0.380 e. The average Bonchev–Trinajstić information content (AvgIpc) is 3.08. The monoisotopic (exact) mass is 257 g/mol. The first kappa shape index (κ1) is 15.4. The highest BCUT2D eigenvalue weighted by atomic mass is 16.5. The van der Waals surface area contributed by atoms with E-state index in [4.69, 9.17) is 10.5 Å². The third-order valence-electron chi connectivity index (χ3n) is 3.36. The maximum Gasteiger partial charge on any atom is 0.238 e. The number of carbonyl (C=O) groups is 1. The second kappa shape index (κ2) is 7.07. The highest BCUT2D eigenvalue weighted by Gasteiger charge is 2.31. The van der Waals surface area contributed by atoms with Crippen LogP contribution in [0.5, 0.6) is 0 Å². The maximum absolute atomic E-state index is 11.5. The Hall–Kier alpha value is -0.650. The molecule has 0 radical (unpaired) electrons. The van der Waals surface area contributed by atoms with Crippen molar-refractivity contribution in [1.29, 1.82) is 0 Å². The van der Waals surface area contributed by atoms with E-state index in [1.54, 1.807) is 0 Å². The number of nitrogens with one attached hydrogen (secondary N) is 1. The Morgan fingerprint density at radius 3 is 2.72 bits per heavy atom. The summed E-state index contributed by atoms with van der Waals surface area (Å²) in [6.07, 6.45) is 2.63. The molecule has 106 valence electrons. The predicted octanol–water partition coefficient (Wildman–Crippen LogP) is 0.198. The van der Waals surface area contributed by atoms with Gasteiger partial charge in [0.05, 0.1) is 6.61 Å². The molecule has 1 aliphatic carbocycles. The fraction of sp³-hybridized carbons (Fsp3) is 0.923. The Bertz CT molecular complexity index is 269. The number of ether oxygens (including phenoxy) is 1. The van der Waals surface area contributed by atoms with Crippen LogP contribution in [0.2, 0.25) is 0 Å². The van der Waals surface area contributed by atoms with E-state index in [1.807, 2.05) is 20.9 Å².